The summed E-state index contributed by atoms with van der Waals surface area (Å²) >= 11 is 0. The number of rotatable bonds is 4. The summed E-state index contributed by atoms with van der Waals surface area (Å²) in [5.74, 6) is 0. The summed E-state index contributed by atoms with van der Waals surface area (Å²) in [5.41, 5.74) is 1.52. The zero-order valence-electron chi connectivity index (χ0n) is 11.6. The van der Waals surface area contributed by atoms with Gasteiger partial charge in [-0.25, -0.2) is 0 Å². The Labute approximate surface area is 107 Å². The summed E-state index contributed by atoms with van der Waals surface area (Å²) in [4.78, 5) is 0. The second kappa shape index (κ2) is 4.95. The highest BCUT2D eigenvalue weighted by atomic mass is 28.3. The van der Waals surface area contributed by atoms with Gasteiger partial charge in [-0.15, -0.1) is 0 Å². The largest absolute Gasteiger partial charge is 0.323 e. The molecule has 94 valence electrons. The van der Waals surface area contributed by atoms with Gasteiger partial charge in [0.2, 0.25) is 0 Å². The first-order chi connectivity index (χ1) is 7.99. The average Bonchev–Trinajstić information content (AvgIpc) is 2.65. The molecule has 17 heavy (non-hydrogen) atoms. The molecule has 2 heteroatoms. The number of likely N-dealkylation sites (tertiary alicyclic amines) is 1. The van der Waals surface area contributed by atoms with Crippen LogP contribution >= 0.6 is 0 Å². The topological polar surface area (TPSA) is 0 Å². The first-order valence-electron chi connectivity index (χ1n) is 6.88. The van der Waals surface area contributed by atoms with E-state index in [0.717, 1.165) is 0 Å². The number of nitrogens with zero attached hydrogens (tertiary/aromatic N) is 1. The Kier molecular flexibility index (Phi) is 3.74. The van der Waals surface area contributed by atoms with Crippen molar-refractivity contribution < 1.29 is 4.48 Å². The van der Waals surface area contributed by atoms with Crippen LogP contribution in [0.5, 0.6) is 0 Å². The SMILES string of the molecule is C[Si](C)(C)C[N+]1(Cc2ccccc2)CCCC1. The average molecular weight is 248 g/mol. The van der Waals surface area contributed by atoms with Gasteiger partial charge in [0.05, 0.1) is 19.3 Å². The highest BCUT2D eigenvalue weighted by Crippen LogP contribution is 2.26. The van der Waals surface area contributed by atoms with Gasteiger partial charge in [-0.1, -0.05) is 50.0 Å². The second-order valence-corrected chi connectivity index (χ2v) is 12.3. The summed E-state index contributed by atoms with van der Waals surface area (Å²) in [6.07, 6.45) is 4.30. The van der Waals surface area contributed by atoms with Crippen LogP contribution in [0.1, 0.15) is 18.4 Å². The molecule has 1 aliphatic heterocycles. The van der Waals surface area contributed by atoms with Crippen molar-refractivity contribution >= 4 is 8.07 Å². The predicted molar refractivity (Wildman–Crippen MR) is 77.6 cm³/mol. The fourth-order valence-corrected chi connectivity index (χ4v) is 5.80. The van der Waals surface area contributed by atoms with Crippen LogP contribution < -0.4 is 0 Å². The zero-order chi connectivity index (χ0) is 12.4. The van der Waals surface area contributed by atoms with Crippen molar-refractivity contribution in [3.8, 4) is 0 Å². The molecule has 0 aliphatic carbocycles. The van der Waals surface area contributed by atoms with Gasteiger partial charge in [0.1, 0.15) is 14.6 Å². The minimum Gasteiger partial charge on any atom is -0.323 e. The lowest BCUT2D eigenvalue weighted by Crippen LogP contribution is -2.53. The van der Waals surface area contributed by atoms with Gasteiger partial charge >= 0.3 is 0 Å². The van der Waals surface area contributed by atoms with Gasteiger partial charge in [0.15, 0.2) is 0 Å². The zero-order valence-corrected chi connectivity index (χ0v) is 12.6. The highest BCUT2D eigenvalue weighted by Gasteiger charge is 2.36. The molecule has 1 heterocycles. The molecular weight excluding hydrogens is 222 g/mol. The lowest BCUT2D eigenvalue weighted by molar-refractivity contribution is -0.920. The van der Waals surface area contributed by atoms with Crippen molar-refractivity contribution in [1.29, 1.82) is 0 Å². The number of benzene rings is 1. The monoisotopic (exact) mass is 248 g/mol. The standard InChI is InChI=1S/C15H26NSi/c1-17(2,3)14-16(11-7-8-12-16)13-15-9-5-4-6-10-15/h4-6,9-10H,7-8,11-14H2,1-3H3/q+1. The van der Waals surface area contributed by atoms with E-state index in [0.29, 0.717) is 0 Å². The van der Waals surface area contributed by atoms with Crippen LogP contribution in [0.15, 0.2) is 30.3 Å². The quantitative estimate of drug-likeness (QED) is 0.563. The Bertz CT molecular complexity index is 347. The van der Waals surface area contributed by atoms with Crippen molar-refractivity contribution in [3.05, 3.63) is 35.9 Å². The maximum atomic E-state index is 2.51. The molecular formula is C15H26NSi+. The van der Waals surface area contributed by atoms with Crippen LogP contribution in [-0.4, -0.2) is 31.8 Å². The van der Waals surface area contributed by atoms with Gasteiger partial charge in [-0.3, -0.25) is 0 Å². The van der Waals surface area contributed by atoms with Gasteiger partial charge < -0.3 is 4.48 Å². The van der Waals surface area contributed by atoms with E-state index in [4.69, 9.17) is 0 Å². The lowest BCUT2D eigenvalue weighted by Gasteiger charge is -2.39. The molecule has 0 radical (unpaired) electrons. The molecule has 0 saturated carbocycles. The molecule has 2 rings (SSSR count). The lowest BCUT2D eigenvalue weighted by atomic mass is 10.2. The van der Waals surface area contributed by atoms with Gasteiger partial charge in [0, 0.05) is 18.4 Å². The molecule has 0 bridgehead atoms. The van der Waals surface area contributed by atoms with Crippen LogP contribution in [0.2, 0.25) is 19.6 Å². The van der Waals surface area contributed by atoms with E-state index < -0.39 is 8.07 Å². The van der Waals surface area contributed by atoms with Crippen LogP contribution in [0.25, 0.3) is 0 Å². The molecule has 1 nitrogen and oxygen atoms in total. The fourth-order valence-electron chi connectivity index (χ4n) is 3.36. The van der Waals surface area contributed by atoms with Crippen molar-refractivity contribution in [1.82, 2.24) is 0 Å². The molecule has 0 N–H and O–H groups in total. The normalized spacial score (nSPS) is 19.5. The minimum absolute atomic E-state index is 0.976. The molecule has 0 unspecified atom stereocenters. The van der Waals surface area contributed by atoms with E-state index in [2.05, 4.69) is 50.0 Å². The number of quaternary nitrogens is 1. The molecule has 1 fully saturated rings. The Morgan fingerprint density at radius 3 is 2.12 bits per heavy atom. The molecule has 0 amide bonds. The molecule has 1 aromatic rings. The van der Waals surface area contributed by atoms with Gasteiger partial charge in [-0.2, -0.15) is 0 Å². The Hall–Kier alpha value is -0.603. The second-order valence-electron chi connectivity index (χ2n) is 6.86. The highest BCUT2D eigenvalue weighted by molar-refractivity contribution is 6.76. The molecule has 0 aromatic heterocycles. The Morgan fingerprint density at radius 1 is 1.00 bits per heavy atom. The van der Waals surface area contributed by atoms with Crippen LogP contribution in [-0.2, 0) is 6.54 Å². The number of hydrogen-bond acceptors (Lipinski definition) is 0. The summed E-state index contributed by atoms with van der Waals surface area (Å²) in [6, 6.07) is 11.1. The fraction of sp³-hybridized carbons (Fsp3) is 0.600. The van der Waals surface area contributed by atoms with E-state index >= 15 is 0 Å². The third-order valence-electron chi connectivity index (χ3n) is 3.69. The summed E-state index contributed by atoms with van der Waals surface area (Å²) in [7, 11) is -0.976. The molecule has 1 saturated heterocycles. The maximum Gasteiger partial charge on any atom is 0.110 e. The van der Waals surface area contributed by atoms with E-state index in [1.165, 1.54) is 48.7 Å². The van der Waals surface area contributed by atoms with Crippen molar-refractivity contribution in [3.63, 3.8) is 0 Å². The van der Waals surface area contributed by atoms with E-state index in [1.54, 1.807) is 0 Å². The summed E-state index contributed by atoms with van der Waals surface area (Å²) < 4.78 is 1.36. The first kappa shape index (κ1) is 12.8. The Balaban J connectivity index is 2.12. The van der Waals surface area contributed by atoms with Crippen molar-refractivity contribution in [2.24, 2.45) is 0 Å². The molecule has 1 aliphatic rings. The van der Waals surface area contributed by atoms with Crippen LogP contribution in [0, 0.1) is 0 Å². The van der Waals surface area contributed by atoms with Crippen molar-refractivity contribution in [2.75, 3.05) is 19.3 Å². The van der Waals surface area contributed by atoms with E-state index in [-0.39, 0.29) is 0 Å². The summed E-state index contributed by atoms with van der Waals surface area (Å²) in [5, 5.41) is 0. The van der Waals surface area contributed by atoms with Gasteiger partial charge in [-0.05, 0) is 0 Å². The third-order valence-corrected chi connectivity index (χ3v) is 5.30. The van der Waals surface area contributed by atoms with Crippen LogP contribution in [0.4, 0.5) is 0 Å². The van der Waals surface area contributed by atoms with E-state index in [1.807, 2.05) is 0 Å². The van der Waals surface area contributed by atoms with Gasteiger partial charge in [0.25, 0.3) is 0 Å². The molecule has 1 aromatic carbocycles. The third kappa shape index (κ3) is 3.68. The molecule has 0 spiro atoms. The first-order valence-corrected chi connectivity index (χ1v) is 10.6. The predicted octanol–water partition coefficient (Wildman–Crippen LogP) is 3.67. The summed E-state index contributed by atoms with van der Waals surface area (Å²) in [6.45, 7) is 11.6. The van der Waals surface area contributed by atoms with Crippen molar-refractivity contribution in [2.45, 2.75) is 39.0 Å². The Morgan fingerprint density at radius 2 is 1.59 bits per heavy atom. The maximum absolute atomic E-state index is 2.51. The minimum atomic E-state index is -0.976. The smallest absolute Gasteiger partial charge is 0.110 e. The van der Waals surface area contributed by atoms with Crippen LogP contribution in [0.3, 0.4) is 0 Å². The van der Waals surface area contributed by atoms with E-state index in [9.17, 15) is 0 Å². The molecule has 0 atom stereocenters. The number of hydrogen-bond donors (Lipinski definition) is 0.